The van der Waals surface area contributed by atoms with Crippen LogP contribution in [0.1, 0.15) is 284 Å². The molecule has 0 rings (SSSR count). The molecule has 0 heterocycles. The van der Waals surface area contributed by atoms with E-state index in [0.29, 0.717) is 17.4 Å². The Bertz CT molecular complexity index is 1510. The SMILES string of the molecule is CCCCCCC/C=C\C/C=C\C/C=C\CCCCCCCCCCCCCCC(=O)OC(COC(=O)CCCCCCCCCCCC/C=C\C/C=C\C/C=C\CCCCCCC)COP(=O)([O-])OCC[N+](C)(C)C. The van der Waals surface area contributed by atoms with Gasteiger partial charge in [0.15, 0.2) is 6.10 Å². The molecule has 0 aliphatic carbocycles. The highest BCUT2D eigenvalue weighted by Gasteiger charge is 2.22. The van der Waals surface area contributed by atoms with Gasteiger partial charge in [-0.15, -0.1) is 0 Å². The molecule has 0 radical (unpaired) electrons. The molecule has 0 aliphatic rings. The fourth-order valence-electron chi connectivity index (χ4n) is 8.79. The van der Waals surface area contributed by atoms with Crippen LogP contribution >= 0.6 is 7.82 Å². The molecule has 0 N–H and O–H groups in total. The number of ether oxygens (including phenoxy) is 2. The Balaban J connectivity index is 4.14. The van der Waals surface area contributed by atoms with Gasteiger partial charge in [0, 0.05) is 12.8 Å². The Morgan fingerprint density at radius 3 is 1.05 bits per heavy atom. The zero-order valence-electron chi connectivity index (χ0n) is 50.2. The number of hydrogen-bond donors (Lipinski definition) is 0. The summed E-state index contributed by atoms with van der Waals surface area (Å²) in [6.07, 6.45) is 75.2. The van der Waals surface area contributed by atoms with Crippen molar-refractivity contribution in [3.63, 3.8) is 0 Å². The summed E-state index contributed by atoms with van der Waals surface area (Å²) < 4.78 is 34.2. The van der Waals surface area contributed by atoms with Crippen molar-refractivity contribution >= 4 is 19.8 Å². The minimum absolute atomic E-state index is 0.0340. The fourth-order valence-corrected chi connectivity index (χ4v) is 9.52. The third-order valence-electron chi connectivity index (χ3n) is 13.7. The number of esters is 2. The first-order chi connectivity index (χ1) is 37.0. The van der Waals surface area contributed by atoms with Crippen molar-refractivity contribution in [1.82, 2.24) is 0 Å². The van der Waals surface area contributed by atoms with Gasteiger partial charge < -0.3 is 27.9 Å². The predicted octanol–water partition coefficient (Wildman–Crippen LogP) is 19.4. The van der Waals surface area contributed by atoms with Crippen molar-refractivity contribution < 1.29 is 42.1 Å². The second-order valence-corrected chi connectivity index (χ2v) is 23.8. The van der Waals surface area contributed by atoms with Gasteiger partial charge in [0.1, 0.15) is 19.8 Å². The summed E-state index contributed by atoms with van der Waals surface area (Å²) in [5, 5.41) is 0. The van der Waals surface area contributed by atoms with Crippen molar-refractivity contribution in [2.24, 2.45) is 0 Å². The number of hydrogen-bond acceptors (Lipinski definition) is 8. The van der Waals surface area contributed by atoms with Crippen LogP contribution in [0.2, 0.25) is 0 Å². The molecule has 2 unspecified atom stereocenters. The normalized spacial score (nSPS) is 13.7. The molecule has 0 aromatic carbocycles. The van der Waals surface area contributed by atoms with Crippen LogP contribution in [0, 0.1) is 0 Å². The summed E-state index contributed by atoms with van der Waals surface area (Å²) in [4.78, 5) is 38.0. The second kappa shape index (κ2) is 57.1. The van der Waals surface area contributed by atoms with Crippen LogP contribution in [0.3, 0.4) is 0 Å². The first-order valence-electron chi connectivity index (χ1n) is 31.6. The highest BCUT2D eigenvalue weighted by Crippen LogP contribution is 2.38. The van der Waals surface area contributed by atoms with Crippen LogP contribution in [0.5, 0.6) is 0 Å². The van der Waals surface area contributed by atoms with Gasteiger partial charge in [-0.25, -0.2) is 0 Å². The van der Waals surface area contributed by atoms with Crippen LogP contribution in [0.25, 0.3) is 0 Å². The first kappa shape index (κ1) is 73.5. The Morgan fingerprint density at radius 2 is 0.711 bits per heavy atom. The second-order valence-electron chi connectivity index (χ2n) is 22.4. The average molecular weight is 1090 g/mol. The predicted molar refractivity (Wildman–Crippen MR) is 323 cm³/mol. The Labute approximate surface area is 469 Å². The van der Waals surface area contributed by atoms with Gasteiger partial charge in [0.25, 0.3) is 7.82 Å². The number of carbonyl (C=O) groups excluding carboxylic acids is 2. The summed E-state index contributed by atoms with van der Waals surface area (Å²) in [7, 11) is 1.16. The summed E-state index contributed by atoms with van der Waals surface area (Å²) in [5.74, 6) is -0.834. The van der Waals surface area contributed by atoms with E-state index in [2.05, 4.69) is 86.8 Å². The minimum Gasteiger partial charge on any atom is -0.756 e. The average Bonchev–Trinajstić information content (AvgIpc) is 3.38. The van der Waals surface area contributed by atoms with E-state index in [0.717, 1.165) is 70.6 Å². The van der Waals surface area contributed by atoms with E-state index < -0.39 is 26.5 Å². The van der Waals surface area contributed by atoms with E-state index in [1.165, 1.54) is 180 Å². The van der Waals surface area contributed by atoms with Gasteiger partial charge in [-0.1, -0.05) is 254 Å². The summed E-state index contributed by atoms with van der Waals surface area (Å²) in [6, 6.07) is 0. The number of allylic oxidation sites excluding steroid dienone is 12. The monoisotopic (exact) mass is 1090 g/mol. The molecule has 442 valence electrons. The van der Waals surface area contributed by atoms with Crippen LogP contribution in [0.15, 0.2) is 72.9 Å². The Morgan fingerprint density at radius 1 is 0.408 bits per heavy atom. The molecular weight excluding hydrogens is 966 g/mol. The maximum absolute atomic E-state index is 12.8. The molecule has 0 saturated carbocycles. The Hall–Kier alpha value is -2.55. The molecule has 0 aromatic rings. The molecule has 2 atom stereocenters. The number of nitrogens with zero attached hydrogens (tertiary/aromatic N) is 1. The number of quaternary nitrogens is 1. The van der Waals surface area contributed by atoms with Gasteiger partial charge in [-0.3, -0.25) is 14.2 Å². The number of likely N-dealkylation sites (N-methyl/N-ethyl adjacent to an activating group) is 1. The lowest BCUT2D eigenvalue weighted by Crippen LogP contribution is -2.37. The maximum Gasteiger partial charge on any atom is 0.306 e. The number of unbranched alkanes of at least 4 members (excludes halogenated alkanes) is 32. The molecule has 0 spiro atoms. The fraction of sp³-hybridized carbons (Fsp3) is 0.788. The molecule has 0 aromatic heterocycles. The maximum atomic E-state index is 12.8. The zero-order valence-corrected chi connectivity index (χ0v) is 51.1. The van der Waals surface area contributed by atoms with E-state index >= 15 is 0 Å². The topological polar surface area (TPSA) is 111 Å². The van der Waals surface area contributed by atoms with Crippen molar-refractivity contribution in [3.8, 4) is 0 Å². The van der Waals surface area contributed by atoms with E-state index in [-0.39, 0.29) is 32.0 Å². The highest BCUT2D eigenvalue weighted by atomic mass is 31.2. The number of rotatable bonds is 58. The smallest absolute Gasteiger partial charge is 0.306 e. The Kier molecular flexibility index (Phi) is 55.2. The highest BCUT2D eigenvalue weighted by molar-refractivity contribution is 7.45. The number of phosphoric acid groups is 1. The summed E-state index contributed by atoms with van der Waals surface area (Å²) in [6.45, 7) is 4.23. The lowest BCUT2D eigenvalue weighted by Gasteiger charge is -2.28. The molecule has 10 heteroatoms. The summed E-state index contributed by atoms with van der Waals surface area (Å²) in [5.41, 5.74) is 0. The largest absolute Gasteiger partial charge is 0.756 e. The van der Waals surface area contributed by atoms with Crippen LogP contribution in [0.4, 0.5) is 0 Å². The van der Waals surface area contributed by atoms with Gasteiger partial charge in [-0.2, -0.15) is 0 Å². The van der Waals surface area contributed by atoms with Gasteiger partial charge in [0.05, 0.1) is 27.7 Å². The van der Waals surface area contributed by atoms with Gasteiger partial charge in [0.2, 0.25) is 0 Å². The standard InChI is InChI=1S/C66H120NO8P/c1-6-8-10-12-14-16-18-20-22-24-26-28-30-32-33-35-37-39-41-43-45-47-49-51-53-55-57-59-66(69)75-64(63-74-76(70,71)73-61-60-67(3,4)5)62-72-65(68)58-56-54-52-50-48-46-44-42-40-38-36-34-31-29-27-25-23-21-19-17-15-13-11-9-7-2/h18-21,24-27,30-32,34,64H,6-17,22-23,28-29,33,35-63H2,1-5H3/b20-18-,21-19-,26-24-,27-25-,32-30-,34-31-. The molecule has 0 saturated heterocycles. The quantitative estimate of drug-likeness (QED) is 0.0195. The number of phosphoric ester groups is 1. The molecule has 76 heavy (non-hydrogen) atoms. The molecular formula is C66H120NO8P. The minimum atomic E-state index is -4.64. The zero-order chi connectivity index (χ0) is 55.6. The van der Waals surface area contributed by atoms with Crippen LogP contribution in [-0.2, 0) is 32.7 Å². The first-order valence-corrected chi connectivity index (χ1v) is 33.1. The van der Waals surface area contributed by atoms with Crippen LogP contribution in [-0.4, -0.2) is 70.0 Å². The van der Waals surface area contributed by atoms with Crippen molar-refractivity contribution in [3.05, 3.63) is 72.9 Å². The van der Waals surface area contributed by atoms with Gasteiger partial charge in [-0.05, 0) is 89.9 Å². The molecule has 0 amide bonds. The van der Waals surface area contributed by atoms with E-state index in [9.17, 15) is 19.0 Å². The molecule has 0 bridgehead atoms. The number of carbonyl (C=O) groups is 2. The van der Waals surface area contributed by atoms with Crippen molar-refractivity contribution in [2.45, 2.75) is 290 Å². The molecule has 9 nitrogen and oxygen atoms in total. The third-order valence-corrected chi connectivity index (χ3v) is 14.7. The van der Waals surface area contributed by atoms with Crippen molar-refractivity contribution in [1.29, 1.82) is 0 Å². The molecule has 0 fully saturated rings. The van der Waals surface area contributed by atoms with E-state index in [1.807, 2.05) is 21.1 Å². The lowest BCUT2D eigenvalue weighted by molar-refractivity contribution is -0.870. The lowest BCUT2D eigenvalue weighted by atomic mass is 10.0. The van der Waals surface area contributed by atoms with E-state index in [1.54, 1.807) is 0 Å². The van der Waals surface area contributed by atoms with Crippen molar-refractivity contribution in [2.75, 3.05) is 47.5 Å². The third kappa shape index (κ3) is 60.7. The molecule has 0 aliphatic heterocycles. The van der Waals surface area contributed by atoms with E-state index in [4.69, 9.17) is 18.5 Å². The summed E-state index contributed by atoms with van der Waals surface area (Å²) >= 11 is 0. The van der Waals surface area contributed by atoms with Crippen LogP contribution < -0.4 is 4.89 Å². The van der Waals surface area contributed by atoms with Gasteiger partial charge >= 0.3 is 11.9 Å².